The third-order valence-corrected chi connectivity index (χ3v) is 3.98. The summed E-state index contributed by atoms with van der Waals surface area (Å²) in [5, 5.41) is 0. The number of nitrogens with zero attached hydrogens (tertiary/aromatic N) is 3. The summed E-state index contributed by atoms with van der Waals surface area (Å²) in [5.74, 6) is 0.759. The third kappa shape index (κ3) is 2.19. The minimum Gasteiger partial charge on any atom is -0.352 e. The Hall–Kier alpha value is -2.56. The average molecular weight is 294 g/mol. The normalized spacial score (nSPS) is 17.5. The molecule has 0 saturated heterocycles. The van der Waals surface area contributed by atoms with E-state index < -0.39 is 0 Å². The van der Waals surface area contributed by atoms with Gasteiger partial charge >= 0.3 is 0 Å². The van der Waals surface area contributed by atoms with Crippen molar-refractivity contribution in [1.82, 2.24) is 15.0 Å². The Morgan fingerprint density at radius 2 is 2.00 bits per heavy atom. The molecular formula is C17H15FN4. The Morgan fingerprint density at radius 1 is 1.18 bits per heavy atom. The van der Waals surface area contributed by atoms with Crippen LogP contribution >= 0.6 is 0 Å². The van der Waals surface area contributed by atoms with Crippen LogP contribution in [0.5, 0.6) is 0 Å². The van der Waals surface area contributed by atoms with Crippen molar-refractivity contribution in [3.8, 4) is 11.3 Å². The molecule has 1 unspecified atom stereocenters. The quantitative estimate of drug-likeness (QED) is 0.784. The fourth-order valence-corrected chi connectivity index (χ4v) is 2.91. The number of aryl methyl sites for hydroxylation is 1. The van der Waals surface area contributed by atoms with E-state index >= 15 is 0 Å². The van der Waals surface area contributed by atoms with Gasteiger partial charge in [0.25, 0.3) is 0 Å². The Bertz CT molecular complexity index is 864. The molecule has 5 heteroatoms. The minimum absolute atomic E-state index is 0.238. The van der Waals surface area contributed by atoms with Crippen LogP contribution in [0.25, 0.3) is 22.3 Å². The highest BCUT2D eigenvalue weighted by Crippen LogP contribution is 2.30. The molecule has 0 aliphatic carbocycles. The van der Waals surface area contributed by atoms with Gasteiger partial charge in [0.2, 0.25) is 0 Å². The monoisotopic (exact) mass is 294 g/mol. The number of aromatic nitrogens is 3. The molecule has 3 aromatic rings. The zero-order valence-electron chi connectivity index (χ0n) is 12.2. The highest BCUT2D eigenvalue weighted by molar-refractivity contribution is 5.87. The first-order valence-electron chi connectivity index (χ1n) is 7.34. The molecule has 2 aromatic heterocycles. The molecule has 0 amide bonds. The van der Waals surface area contributed by atoms with Crippen LogP contribution in [-0.4, -0.2) is 27.7 Å². The first-order chi connectivity index (χ1) is 10.7. The fourth-order valence-electron chi connectivity index (χ4n) is 2.91. The topological polar surface area (TPSA) is 53.9 Å². The molecule has 1 aliphatic rings. The van der Waals surface area contributed by atoms with Gasteiger partial charge in [-0.3, -0.25) is 4.99 Å². The molecule has 0 saturated carbocycles. The smallest absolute Gasteiger partial charge is 0.126 e. The number of hydrogen-bond acceptors (Lipinski definition) is 3. The summed E-state index contributed by atoms with van der Waals surface area (Å²) in [4.78, 5) is 16.8. The van der Waals surface area contributed by atoms with Gasteiger partial charge in [-0.1, -0.05) is 0 Å². The van der Waals surface area contributed by atoms with Crippen molar-refractivity contribution in [3.05, 3.63) is 47.7 Å². The van der Waals surface area contributed by atoms with Gasteiger partial charge in [0.15, 0.2) is 0 Å². The van der Waals surface area contributed by atoms with Crippen molar-refractivity contribution in [2.45, 2.75) is 19.3 Å². The van der Waals surface area contributed by atoms with Crippen molar-refractivity contribution in [2.24, 2.45) is 4.99 Å². The summed E-state index contributed by atoms with van der Waals surface area (Å²) in [6.45, 7) is 2.75. The first kappa shape index (κ1) is 13.1. The van der Waals surface area contributed by atoms with Crippen LogP contribution in [0.3, 0.4) is 0 Å². The predicted octanol–water partition coefficient (Wildman–Crippen LogP) is 3.63. The summed E-state index contributed by atoms with van der Waals surface area (Å²) >= 11 is 0. The second-order valence-corrected chi connectivity index (χ2v) is 5.56. The molecule has 22 heavy (non-hydrogen) atoms. The zero-order chi connectivity index (χ0) is 15.1. The van der Waals surface area contributed by atoms with E-state index in [0.29, 0.717) is 0 Å². The maximum absolute atomic E-state index is 13.1. The number of H-pyrrole nitrogens is 1. The number of benzene rings is 1. The Labute approximate surface area is 127 Å². The van der Waals surface area contributed by atoms with Crippen LogP contribution in [0.1, 0.15) is 23.9 Å². The lowest BCUT2D eigenvalue weighted by atomic mass is 10.0. The summed E-state index contributed by atoms with van der Waals surface area (Å²) in [5.41, 5.74) is 4.69. The van der Waals surface area contributed by atoms with Crippen molar-refractivity contribution in [3.63, 3.8) is 0 Å². The van der Waals surface area contributed by atoms with E-state index in [1.54, 1.807) is 12.1 Å². The van der Waals surface area contributed by atoms with Crippen molar-refractivity contribution >= 4 is 17.2 Å². The first-order valence-corrected chi connectivity index (χ1v) is 7.34. The molecule has 1 aliphatic heterocycles. The number of aliphatic imine (C=N–C) groups is 1. The average Bonchev–Trinajstić information content (AvgIpc) is 3.16. The van der Waals surface area contributed by atoms with Gasteiger partial charge in [0.05, 0.1) is 16.7 Å². The maximum Gasteiger partial charge on any atom is 0.126 e. The van der Waals surface area contributed by atoms with Gasteiger partial charge in [-0.15, -0.1) is 0 Å². The van der Waals surface area contributed by atoms with E-state index in [9.17, 15) is 4.39 Å². The van der Waals surface area contributed by atoms with Gasteiger partial charge in [0, 0.05) is 24.4 Å². The van der Waals surface area contributed by atoms with Crippen LogP contribution in [0, 0.1) is 12.7 Å². The predicted molar refractivity (Wildman–Crippen MR) is 84.7 cm³/mol. The Balaban J connectivity index is 1.87. The molecule has 0 radical (unpaired) electrons. The Morgan fingerprint density at radius 3 is 2.73 bits per heavy atom. The lowest BCUT2D eigenvalue weighted by Gasteiger charge is -2.07. The third-order valence-electron chi connectivity index (χ3n) is 3.98. The molecule has 4 nitrogen and oxygen atoms in total. The van der Waals surface area contributed by atoms with E-state index in [1.807, 2.05) is 19.2 Å². The van der Waals surface area contributed by atoms with Crippen molar-refractivity contribution < 1.29 is 4.39 Å². The summed E-state index contributed by atoms with van der Waals surface area (Å²) < 4.78 is 13.1. The largest absolute Gasteiger partial charge is 0.352 e. The number of halogens is 1. The maximum atomic E-state index is 13.1. The second kappa shape index (κ2) is 5.02. The van der Waals surface area contributed by atoms with Crippen LogP contribution < -0.4 is 0 Å². The SMILES string of the molecule is Cc1nc(C2C=NCC2)c2[nH]c(-c3ccc(F)cc3)cc2n1. The molecule has 0 bridgehead atoms. The zero-order valence-corrected chi connectivity index (χ0v) is 12.2. The van der Waals surface area contributed by atoms with Crippen molar-refractivity contribution in [1.29, 1.82) is 0 Å². The van der Waals surface area contributed by atoms with E-state index in [0.717, 1.165) is 46.8 Å². The highest BCUT2D eigenvalue weighted by Gasteiger charge is 2.20. The molecule has 0 spiro atoms. The summed E-state index contributed by atoms with van der Waals surface area (Å²) in [7, 11) is 0. The van der Waals surface area contributed by atoms with Gasteiger partial charge in [-0.25, -0.2) is 14.4 Å². The number of hydrogen-bond donors (Lipinski definition) is 1. The van der Waals surface area contributed by atoms with Gasteiger partial charge < -0.3 is 4.98 Å². The fraction of sp³-hybridized carbons (Fsp3) is 0.235. The van der Waals surface area contributed by atoms with Gasteiger partial charge in [-0.05, 0) is 49.2 Å². The van der Waals surface area contributed by atoms with Gasteiger partial charge in [-0.2, -0.15) is 0 Å². The van der Waals surface area contributed by atoms with Crippen LogP contribution in [-0.2, 0) is 0 Å². The molecule has 1 N–H and O–H groups in total. The molecule has 1 aromatic carbocycles. The van der Waals surface area contributed by atoms with Crippen molar-refractivity contribution in [2.75, 3.05) is 6.54 Å². The summed E-state index contributed by atoms with van der Waals surface area (Å²) in [6, 6.07) is 8.44. The molecule has 110 valence electrons. The molecular weight excluding hydrogens is 279 g/mol. The minimum atomic E-state index is -0.238. The molecule has 1 atom stereocenters. The van der Waals surface area contributed by atoms with E-state index in [1.165, 1.54) is 12.1 Å². The van der Waals surface area contributed by atoms with Crippen LogP contribution in [0.4, 0.5) is 4.39 Å². The molecule has 3 heterocycles. The van der Waals surface area contributed by atoms with Crippen LogP contribution in [0.15, 0.2) is 35.3 Å². The number of nitrogens with one attached hydrogen (secondary N) is 1. The van der Waals surface area contributed by atoms with E-state index in [-0.39, 0.29) is 11.7 Å². The number of rotatable bonds is 2. The standard InChI is InChI=1S/C17H15FN4/c1-10-20-15-8-14(11-2-4-13(18)5-3-11)22-17(15)16(21-10)12-6-7-19-9-12/h2-5,8-9,12,22H,6-7H2,1H3. The lowest BCUT2D eigenvalue weighted by molar-refractivity contribution is 0.628. The van der Waals surface area contributed by atoms with Crippen LogP contribution in [0.2, 0.25) is 0 Å². The number of fused-ring (bicyclic) bond motifs is 1. The number of aromatic amines is 1. The molecule has 4 rings (SSSR count). The van der Waals surface area contributed by atoms with Gasteiger partial charge in [0.1, 0.15) is 11.6 Å². The highest BCUT2D eigenvalue weighted by atomic mass is 19.1. The lowest BCUT2D eigenvalue weighted by Crippen LogP contribution is -2.03. The Kier molecular flexibility index (Phi) is 2.99. The second-order valence-electron chi connectivity index (χ2n) is 5.56. The summed E-state index contributed by atoms with van der Waals surface area (Å²) in [6.07, 6.45) is 2.95. The van der Waals surface area contributed by atoms with E-state index in [4.69, 9.17) is 0 Å². The molecule has 0 fully saturated rings. The van der Waals surface area contributed by atoms with E-state index in [2.05, 4.69) is 19.9 Å².